The van der Waals surface area contributed by atoms with Gasteiger partial charge in [-0.2, -0.15) is 5.10 Å². The lowest BCUT2D eigenvalue weighted by Gasteiger charge is -2.26. The largest absolute Gasteiger partial charge is 0.369 e. The van der Waals surface area contributed by atoms with Crippen molar-refractivity contribution in [2.75, 3.05) is 13.1 Å². The summed E-state index contributed by atoms with van der Waals surface area (Å²) >= 11 is 0. The van der Waals surface area contributed by atoms with Gasteiger partial charge in [0.25, 0.3) is 0 Å². The van der Waals surface area contributed by atoms with Gasteiger partial charge in [0.05, 0.1) is 11.3 Å². The number of allylic oxidation sites excluding steroid dienone is 2. The minimum atomic E-state index is -0.213. The van der Waals surface area contributed by atoms with Crippen LogP contribution in [0.2, 0.25) is 0 Å². The van der Waals surface area contributed by atoms with E-state index < -0.39 is 0 Å². The summed E-state index contributed by atoms with van der Waals surface area (Å²) in [4.78, 5) is 40.1. The molecule has 3 rings (SSSR count). The molecule has 0 atom stereocenters. The van der Waals surface area contributed by atoms with Crippen LogP contribution < -0.4 is 0 Å². The minimum absolute atomic E-state index is 0.0139. The van der Waals surface area contributed by atoms with E-state index in [0.717, 1.165) is 19.3 Å². The van der Waals surface area contributed by atoms with Crippen molar-refractivity contribution < 1.29 is 14.4 Å². The Morgan fingerprint density at radius 1 is 1.11 bits per heavy atom. The Kier molecular flexibility index (Phi) is 5.54. The predicted octanol–water partition coefficient (Wildman–Crippen LogP) is 3.93. The van der Waals surface area contributed by atoms with E-state index in [9.17, 15) is 14.4 Å². The SMILES string of the molecule is CCCCCC(=O)c1[nH]nc2c3c(ccc12)C(=O)C=C(N(CC)CC)C3=O. The van der Waals surface area contributed by atoms with Crippen LogP contribution in [0, 0.1) is 0 Å². The number of ketones is 3. The average Bonchev–Trinajstić information content (AvgIpc) is 3.10. The molecule has 1 N–H and O–H groups in total. The maximum absolute atomic E-state index is 13.1. The van der Waals surface area contributed by atoms with Crippen molar-refractivity contribution in [1.29, 1.82) is 0 Å². The molecule has 6 heteroatoms. The molecular formula is C21H25N3O3. The fraction of sp³-hybridized carbons (Fsp3) is 0.429. The molecule has 1 aromatic carbocycles. The average molecular weight is 367 g/mol. The summed E-state index contributed by atoms with van der Waals surface area (Å²) < 4.78 is 0. The number of Topliss-reactive ketones (excluding diaryl/α,β-unsaturated/α-hetero) is 2. The monoisotopic (exact) mass is 367 g/mol. The molecule has 0 saturated carbocycles. The molecule has 1 aromatic heterocycles. The smallest absolute Gasteiger partial charge is 0.212 e. The quantitative estimate of drug-likeness (QED) is 0.564. The van der Waals surface area contributed by atoms with E-state index in [4.69, 9.17) is 0 Å². The molecule has 0 amide bonds. The van der Waals surface area contributed by atoms with Crippen LogP contribution in [-0.4, -0.2) is 45.5 Å². The molecule has 1 heterocycles. The van der Waals surface area contributed by atoms with Crippen LogP contribution in [-0.2, 0) is 0 Å². The van der Waals surface area contributed by atoms with Gasteiger partial charge in [0.1, 0.15) is 11.2 Å². The van der Waals surface area contributed by atoms with Crippen LogP contribution in [0.1, 0.15) is 77.7 Å². The van der Waals surface area contributed by atoms with Crippen molar-refractivity contribution in [3.63, 3.8) is 0 Å². The molecule has 0 bridgehead atoms. The molecule has 2 aromatic rings. The van der Waals surface area contributed by atoms with Gasteiger partial charge < -0.3 is 4.90 Å². The first-order valence-electron chi connectivity index (χ1n) is 9.63. The van der Waals surface area contributed by atoms with E-state index in [1.165, 1.54) is 6.08 Å². The number of hydrogen-bond acceptors (Lipinski definition) is 5. The number of nitrogens with one attached hydrogen (secondary N) is 1. The Bertz CT molecular complexity index is 936. The summed E-state index contributed by atoms with van der Waals surface area (Å²) in [5.41, 5.74) is 1.86. The van der Waals surface area contributed by atoms with Crippen molar-refractivity contribution in [2.45, 2.75) is 46.5 Å². The van der Waals surface area contributed by atoms with Crippen LogP contribution in [0.25, 0.3) is 10.9 Å². The van der Waals surface area contributed by atoms with E-state index in [1.807, 2.05) is 18.7 Å². The second-order valence-electron chi connectivity index (χ2n) is 6.76. The fourth-order valence-corrected chi connectivity index (χ4v) is 3.58. The molecule has 0 fully saturated rings. The second kappa shape index (κ2) is 7.86. The number of carbonyl (C=O) groups is 3. The van der Waals surface area contributed by atoms with Gasteiger partial charge >= 0.3 is 0 Å². The maximum Gasteiger partial charge on any atom is 0.212 e. The highest BCUT2D eigenvalue weighted by molar-refractivity contribution is 6.29. The van der Waals surface area contributed by atoms with Gasteiger partial charge in [0.15, 0.2) is 11.6 Å². The van der Waals surface area contributed by atoms with Gasteiger partial charge in [0.2, 0.25) is 5.78 Å². The minimum Gasteiger partial charge on any atom is -0.369 e. The summed E-state index contributed by atoms with van der Waals surface area (Å²) in [6, 6.07) is 3.35. The summed E-state index contributed by atoms with van der Waals surface area (Å²) in [7, 11) is 0. The van der Waals surface area contributed by atoms with Gasteiger partial charge in [0, 0.05) is 36.5 Å². The van der Waals surface area contributed by atoms with E-state index in [0.29, 0.717) is 52.9 Å². The Hall–Kier alpha value is -2.76. The van der Waals surface area contributed by atoms with Gasteiger partial charge in [-0.1, -0.05) is 19.8 Å². The predicted molar refractivity (Wildman–Crippen MR) is 104 cm³/mol. The summed E-state index contributed by atoms with van der Waals surface area (Å²) in [6.07, 6.45) is 4.72. The van der Waals surface area contributed by atoms with Crippen molar-refractivity contribution >= 4 is 28.3 Å². The number of aromatic amines is 1. The first kappa shape index (κ1) is 19.0. The Morgan fingerprint density at radius 2 is 1.85 bits per heavy atom. The highest BCUT2D eigenvalue weighted by atomic mass is 16.1. The molecule has 0 radical (unpaired) electrons. The molecular weight excluding hydrogens is 342 g/mol. The third-order valence-corrected chi connectivity index (χ3v) is 5.11. The van der Waals surface area contributed by atoms with Gasteiger partial charge in [-0.25, -0.2) is 0 Å². The zero-order valence-corrected chi connectivity index (χ0v) is 16.1. The molecule has 0 spiro atoms. The van der Waals surface area contributed by atoms with Crippen LogP contribution >= 0.6 is 0 Å². The molecule has 0 unspecified atom stereocenters. The number of benzene rings is 1. The number of likely N-dealkylation sites (N-methyl/N-ethyl adjacent to an activating group) is 1. The Morgan fingerprint density at radius 3 is 2.52 bits per heavy atom. The number of H-pyrrole nitrogens is 1. The number of nitrogens with zero attached hydrogens (tertiary/aromatic N) is 2. The van der Waals surface area contributed by atoms with E-state index >= 15 is 0 Å². The lowest BCUT2D eigenvalue weighted by atomic mass is 9.89. The lowest BCUT2D eigenvalue weighted by molar-refractivity contribution is 0.0954. The first-order valence-corrected chi connectivity index (χ1v) is 9.63. The first-order chi connectivity index (χ1) is 13.0. The highest BCUT2D eigenvalue weighted by Crippen LogP contribution is 2.31. The van der Waals surface area contributed by atoms with Gasteiger partial charge in [-0.15, -0.1) is 0 Å². The van der Waals surface area contributed by atoms with Crippen LogP contribution in [0.3, 0.4) is 0 Å². The number of aromatic nitrogens is 2. The van der Waals surface area contributed by atoms with Crippen LogP contribution in [0.5, 0.6) is 0 Å². The number of fused-ring (bicyclic) bond motifs is 3. The standard InChI is InChI=1S/C21H25N3O3/c1-4-7-8-9-16(25)19-14-11-10-13-17(26)12-15(24(5-2)6-3)21(27)18(13)20(14)23-22-19/h10-12H,4-9H2,1-3H3,(H,22,23). The summed E-state index contributed by atoms with van der Waals surface area (Å²) in [6.45, 7) is 7.24. The molecule has 142 valence electrons. The second-order valence-corrected chi connectivity index (χ2v) is 6.76. The molecule has 1 aliphatic rings. The Balaban J connectivity index is 2.05. The third-order valence-electron chi connectivity index (χ3n) is 5.11. The molecule has 6 nitrogen and oxygen atoms in total. The number of hydrogen-bond donors (Lipinski definition) is 1. The van der Waals surface area contributed by atoms with E-state index in [-0.39, 0.29) is 17.3 Å². The summed E-state index contributed by atoms with van der Waals surface area (Å²) in [5.74, 6) is -0.428. The summed E-state index contributed by atoms with van der Waals surface area (Å²) in [5, 5.41) is 7.66. The van der Waals surface area contributed by atoms with Crippen molar-refractivity contribution in [2.24, 2.45) is 0 Å². The molecule has 0 saturated heterocycles. The van der Waals surface area contributed by atoms with Crippen molar-refractivity contribution in [3.8, 4) is 0 Å². The zero-order chi connectivity index (χ0) is 19.6. The normalized spacial score (nSPS) is 13.7. The molecule has 0 aliphatic heterocycles. The zero-order valence-electron chi connectivity index (χ0n) is 16.1. The topological polar surface area (TPSA) is 83.1 Å². The van der Waals surface area contributed by atoms with E-state index in [2.05, 4.69) is 17.1 Å². The molecule has 27 heavy (non-hydrogen) atoms. The van der Waals surface area contributed by atoms with Crippen LogP contribution in [0.15, 0.2) is 23.9 Å². The lowest BCUT2D eigenvalue weighted by Crippen LogP contribution is -2.31. The highest BCUT2D eigenvalue weighted by Gasteiger charge is 2.31. The third kappa shape index (κ3) is 3.31. The number of carbonyl (C=O) groups excluding carboxylic acids is 3. The fourth-order valence-electron chi connectivity index (χ4n) is 3.58. The number of unbranched alkanes of at least 4 members (excludes halogenated alkanes) is 2. The Labute approximate surface area is 158 Å². The van der Waals surface area contributed by atoms with Gasteiger partial charge in [-0.3, -0.25) is 19.5 Å². The number of rotatable bonds is 8. The van der Waals surface area contributed by atoms with Gasteiger partial charge in [-0.05, 0) is 32.4 Å². The van der Waals surface area contributed by atoms with E-state index in [1.54, 1.807) is 12.1 Å². The van der Waals surface area contributed by atoms with Crippen molar-refractivity contribution in [3.05, 3.63) is 40.7 Å². The maximum atomic E-state index is 13.1. The van der Waals surface area contributed by atoms with Crippen molar-refractivity contribution in [1.82, 2.24) is 15.1 Å². The molecule has 1 aliphatic carbocycles. The van der Waals surface area contributed by atoms with Crippen LogP contribution in [0.4, 0.5) is 0 Å².